The first kappa shape index (κ1) is 13.0. The number of benzene rings is 1. The SMILES string of the molecule is Clc1nc(-c2ccc3nccnc3c2)nc(Cl)c1I. The van der Waals surface area contributed by atoms with Crippen LogP contribution in [0.5, 0.6) is 0 Å². The van der Waals surface area contributed by atoms with Crippen molar-refractivity contribution in [3.05, 3.63) is 44.5 Å². The fourth-order valence-electron chi connectivity index (χ4n) is 1.63. The molecule has 0 radical (unpaired) electrons. The molecule has 7 heteroatoms. The summed E-state index contributed by atoms with van der Waals surface area (Å²) >= 11 is 14.0. The molecule has 0 spiro atoms. The van der Waals surface area contributed by atoms with Gasteiger partial charge in [0.15, 0.2) is 5.82 Å². The highest BCUT2D eigenvalue weighted by atomic mass is 127. The van der Waals surface area contributed by atoms with Gasteiger partial charge in [-0.25, -0.2) is 9.97 Å². The Bertz CT molecular complexity index is 756. The van der Waals surface area contributed by atoms with Gasteiger partial charge in [0.05, 0.1) is 14.6 Å². The van der Waals surface area contributed by atoms with Crippen LogP contribution in [0, 0.1) is 3.57 Å². The predicted molar refractivity (Wildman–Crippen MR) is 83.3 cm³/mol. The van der Waals surface area contributed by atoms with E-state index in [4.69, 9.17) is 23.2 Å². The first-order valence-corrected chi connectivity index (χ1v) is 7.08. The lowest BCUT2D eigenvalue weighted by Crippen LogP contribution is -1.94. The van der Waals surface area contributed by atoms with Gasteiger partial charge in [0.1, 0.15) is 10.3 Å². The molecule has 0 bridgehead atoms. The Morgan fingerprint density at radius 2 is 1.53 bits per heavy atom. The standard InChI is InChI=1S/C12H5Cl2IN4/c13-10-9(15)11(14)19-12(18-10)6-1-2-7-8(5-6)17-4-3-16-7/h1-5H. The van der Waals surface area contributed by atoms with Crippen LogP contribution in [0.1, 0.15) is 0 Å². The Balaban J connectivity index is 2.19. The Hall–Kier alpha value is -1.05. The Morgan fingerprint density at radius 1 is 0.895 bits per heavy atom. The lowest BCUT2D eigenvalue weighted by molar-refractivity contribution is 1.16. The van der Waals surface area contributed by atoms with Gasteiger partial charge in [0.2, 0.25) is 0 Å². The number of hydrogen-bond acceptors (Lipinski definition) is 4. The number of fused-ring (bicyclic) bond motifs is 1. The quantitative estimate of drug-likeness (QED) is 0.456. The third-order valence-electron chi connectivity index (χ3n) is 2.50. The van der Waals surface area contributed by atoms with Crippen LogP contribution in [0.25, 0.3) is 22.4 Å². The van der Waals surface area contributed by atoms with Gasteiger partial charge in [0, 0.05) is 18.0 Å². The molecular formula is C12H5Cl2IN4. The summed E-state index contributed by atoms with van der Waals surface area (Å²) in [7, 11) is 0. The van der Waals surface area contributed by atoms with Crippen molar-refractivity contribution >= 4 is 56.8 Å². The van der Waals surface area contributed by atoms with E-state index in [9.17, 15) is 0 Å². The van der Waals surface area contributed by atoms with Crippen molar-refractivity contribution in [2.45, 2.75) is 0 Å². The van der Waals surface area contributed by atoms with Crippen molar-refractivity contribution in [1.29, 1.82) is 0 Å². The van der Waals surface area contributed by atoms with Crippen molar-refractivity contribution < 1.29 is 0 Å². The molecule has 0 N–H and O–H groups in total. The van der Waals surface area contributed by atoms with E-state index >= 15 is 0 Å². The van der Waals surface area contributed by atoms with Crippen LogP contribution in [0.4, 0.5) is 0 Å². The van der Waals surface area contributed by atoms with Gasteiger partial charge in [-0.15, -0.1) is 0 Å². The van der Waals surface area contributed by atoms with Crippen molar-refractivity contribution in [1.82, 2.24) is 19.9 Å². The Labute approximate surface area is 132 Å². The Kier molecular flexibility index (Phi) is 3.51. The molecule has 0 atom stereocenters. The maximum atomic E-state index is 6.02. The molecule has 4 nitrogen and oxygen atoms in total. The number of halogens is 3. The van der Waals surface area contributed by atoms with Crippen LogP contribution >= 0.6 is 45.8 Å². The molecule has 1 aromatic carbocycles. The minimum absolute atomic E-state index is 0.342. The summed E-state index contributed by atoms with van der Waals surface area (Å²) < 4.78 is 0.644. The molecular weight excluding hydrogens is 398 g/mol. The van der Waals surface area contributed by atoms with E-state index in [1.807, 2.05) is 40.8 Å². The minimum Gasteiger partial charge on any atom is -0.253 e. The molecule has 19 heavy (non-hydrogen) atoms. The summed E-state index contributed by atoms with van der Waals surface area (Å²) in [5.41, 5.74) is 2.39. The van der Waals surface area contributed by atoms with Gasteiger partial charge in [0.25, 0.3) is 0 Å². The largest absolute Gasteiger partial charge is 0.253 e. The highest BCUT2D eigenvalue weighted by Crippen LogP contribution is 2.27. The lowest BCUT2D eigenvalue weighted by Gasteiger charge is -2.04. The first-order valence-electron chi connectivity index (χ1n) is 5.25. The number of hydrogen-bond donors (Lipinski definition) is 0. The van der Waals surface area contributed by atoms with Crippen LogP contribution in [0.15, 0.2) is 30.6 Å². The van der Waals surface area contributed by atoms with Gasteiger partial charge in [-0.2, -0.15) is 0 Å². The summed E-state index contributed by atoms with van der Waals surface area (Å²) in [5, 5.41) is 0.685. The zero-order chi connectivity index (χ0) is 13.4. The maximum absolute atomic E-state index is 6.02. The number of rotatable bonds is 1. The van der Waals surface area contributed by atoms with Crippen LogP contribution in [0.2, 0.25) is 10.3 Å². The van der Waals surface area contributed by atoms with Gasteiger partial charge >= 0.3 is 0 Å². The van der Waals surface area contributed by atoms with E-state index in [-0.39, 0.29) is 0 Å². The van der Waals surface area contributed by atoms with Gasteiger partial charge in [-0.1, -0.05) is 23.2 Å². The van der Waals surface area contributed by atoms with Crippen LogP contribution < -0.4 is 0 Å². The topological polar surface area (TPSA) is 51.6 Å². The maximum Gasteiger partial charge on any atom is 0.162 e. The molecule has 2 aromatic heterocycles. The van der Waals surface area contributed by atoms with E-state index in [0.29, 0.717) is 19.7 Å². The minimum atomic E-state index is 0.342. The van der Waals surface area contributed by atoms with Crippen molar-refractivity contribution in [2.75, 3.05) is 0 Å². The number of nitrogens with zero attached hydrogens (tertiary/aromatic N) is 4. The van der Waals surface area contributed by atoms with Crippen molar-refractivity contribution in [3.63, 3.8) is 0 Å². The fourth-order valence-corrected chi connectivity index (χ4v) is 2.25. The molecule has 3 aromatic rings. The Morgan fingerprint density at radius 3 is 2.21 bits per heavy atom. The molecule has 0 unspecified atom stereocenters. The van der Waals surface area contributed by atoms with E-state index in [0.717, 1.165) is 16.6 Å². The fraction of sp³-hybridized carbons (Fsp3) is 0. The van der Waals surface area contributed by atoms with Gasteiger partial charge in [-0.3, -0.25) is 9.97 Å². The van der Waals surface area contributed by atoms with Gasteiger partial charge < -0.3 is 0 Å². The zero-order valence-corrected chi connectivity index (χ0v) is 13.0. The monoisotopic (exact) mass is 402 g/mol. The average Bonchev–Trinajstić information content (AvgIpc) is 2.43. The molecule has 3 rings (SSSR count). The van der Waals surface area contributed by atoms with Crippen molar-refractivity contribution in [3.8, 4) is 11.4 Å². The summed E-state index contributed by atoms with van der Waals surface area (Å²) in [6, 6.07) is 5.59. The molecule has 0 saturated carbocycles. The van der Waals surface area contributed by atoms with Crippen LogP contribution in [-0.4, -0.2) is 19.9 Å². The third kappa shape index (κ3) is 2.50. The van der Waals surface area contributed by atoms with E-state index < -0.39 is 0 Å². The van der Waals surface area contributed by atoms with Gasteiger partial charge in [-0.05, 0) is 40.8 Å². The smallest absolute Gasteiger partial charge is 0.162 e. The van der Waals surface area contributed by atoms with Crippen LogP contribution in [0.3, 0.4) is 0 Å². The normalized spacial score (nSPS) is 10.9. The van der Waals surface area contributed by atoms with E-state index in [2.05, 4.69) is 19.9 Å². The van der Waals surface area contributed by atoms with Crippen molar-refractivity contribution in [2.24, 2.45) is 0 Å². The second-order valence-electron chi connectivity index (χ2n) is 3.70. The van der Waals surface area contributed by atoms with E-state index in [1.54, 1.807) is 12.4 Å². The second-order valence-corrected chi connectivity index (χ2v) is 5.50. The lowest BCUT2D eigenvalue weighted by atomic mass is 10.2. The molecule has 0 amide bonds. The highest BCUT2D eigenvalue weighted by molar-refractivity contribution is 14.1. The highest BCUT2D eigenvalue weighted by Gasteiger charge is 2.11. The van der Waals surface area contributed by atoms with E-state index in [1.165, 1.54) is 0 Å². The summed E-state index contributed by atoms with van der Waals surface area (Å²) in [6.07, 6.45) is 3.29. The molecule has 0 aliphatic rings. The summed E-state index contributed by atoms with van der Waals surface area (Å²) in [4.78, 5) is 16.9. The second kappa shape index (κ2) is 5.15. The molecule has 0 aliphatic carbocycles. The van der Waals surface area contributed by atoms with Crippen LogP contribution in [-0.2, 0) is 0 Å². The first-order chi connectivity index (χ1) is 9.15. The zero-order valence-electron chi connectivity index (χ0n) is 9.31. The summed E-state index contributed by atoms with van der Waals surface area (Å²) in [6.45, 7) is 0. The molecule has 0 saturated heterocycles. The molecule has 0 aliphatic heterocycles. The number of aromatic nitrogens is 4. The predicted octanol–water partition coefficient (Wildman–Crippen LogP) is 4.00. The summed E-state index contributed by atoms with van der Waals surface area (Å²) in [5.74, 6) is 0.475. The molecule has 2 heterocycles. The average molecular weight is 403 g/mol. The third-order valence-corrected chi connectivity index (χ3v) is 4.70. The molecule has 94 valence electrons. The molecule has 0 fully saturated rings.